The van der Waals surface area contributed by atoms with Gasteiger partial charge in [0.1, 0.15) is 0 Å². The fourth-order valence-electron chi connectivity index (χ4n) is 2.63. The normalized spacial score (nSPS) is 18.8. The van der Waals surface area contributed by atoms with Crippen molar-refractivity contribution in [3.8, 4) is 11.5 Å². The standard InChI is InChI=1S/C16H21N3OS/c1-17-10-9-12-6-2-3-7-13(12)16-18-15(19-20-16)14-8-4-5-11-21-14/h2-3,6-7,14,17H,4-5,8-11H2,1H3. The van der Waals surface area contributed by atoms with Crippen LogP contribution >= 0.6 is 11.8 Å². The van der Waals surface area contributed by atoms with Crippen molar-refractivity contribution < 1.29 is 4.52 Å². The van der Waals surface area contributed by atoms with E-state index < -0.39 is 0 Å². The Balaban J connectivity index is 1.82. The molecule has 0 bridgehead atoms. The molecule has 4 nitrogen and oxygen atoms in total. The smallest absolute Gasteiger partial charge is 0.258 e. The van der Waals surface area contributed by atoms with E-state index in [9.17, 15) is 0 Å². The van der Waals surface area contributed by atoms with E-state index in [-0.39, 0.29) is 0 Å². The van der Waals surface area contributed by atoms with Gasteiger partial charge < -0.3 is 9.84 Å². The van der Waals surface area contributed by atoms with Gasteiger partial charge in [0, 0.05) is 5.56 Å². The molecule has 0 aliphatic carbocycles. The number of rotatable bonds is 5. The molecule has 0 radical (unpaired) electrons. The highest BCUT2D eigenvalue weighted by Gasteiger charge is 2.22. The van der Waals surface area contributed by atoms with Gasteiger partial charge in [0.15, 0.2) is 5.82 Å². The van der Waals surface area contributed by atoms with Crippen LogP contribution in [0.4, 0.5) is 0 Å². The average Bonchev–Trinajstić information content (AvgIpc) is 3.04. The number of hydrogen-bond acceptors (Lipinski definition) is 5. The number of hydrogen-bond donors (Lipinski definition) is 1. The lowest BCUT2D eigenvalue weighted by atomic mass is 10.0. The van der Waals surface area contributed by atoms with Gasteiger partial charge in [-0.3, -0.25) is 0 Å². The highest BCUT2D eigenvalue weighted by atomic mass is 32.2. The largest absolute Gasteiger partial charge is 0.334 e. The third-order valence-corrected chi connectivity index (χ3v) is 5.17. The van der Waals surface area contributed by atoms with Crippen molar-refractivity contribution in [3.05, 3.63) is 35.7 Å². The second-order valence-corrected chi connectivity index (χ2v) is 6.63. The molecular weight excluding hydrogens is 282 g/mol. The molecule has 2 heterocycles. The number of aromatic nitrogens is 2. The lowest BCUT2D eigenvalue weighted by molar-refractivity contribution is 0.419. The predicted octanol–water partition coefficient (Wildman–Crippen LogP) is 3.46. The van der Waals surface area contributed by atoms with Gasteiger partial charge >= 0.3 is 0 Å². The molecule has 1 aliphatic heterocycles. The van der Waals surface area contributed by atoms with Crippen LogP contribution in [0.25, 0.3) is 11.5 Å². The summed E-state index contributed by atoms with van der Waals surface area (Å²) < 4.78 is 5.53. The van der Waals surface area contributed by atoms with Gasteiger partial charge in [-0.25, -0.2) is 0 Å². The minimum Gasteiger partial charge on any atom is -0.334 e. The van der Waals surface area contributed by atoms with Crippen molar-refractivity contribution in [3.63, 3.8) is 0 Å². The summed E-state index contributed by atoms with van der Waals surface area (Å²) in [6.07, 6.45) is 4.69. The molecule has 1 aromatic heterocycles. The van der Waals surface area contributed by atoms with E-state index >= 15 is 0 Å². The second kappa shape index (κ2) is 7.09. The summed E-state index contributed by atoms with van der Waals surface area (Å²) >= 11 is 1.95. The molecule has 2 aromatic rings. The maximum atomic E-state index is 5.53. The highest BCUT2D eigenvalue weighted by Crippen LogP contribution is 2.37. The van der Waals surface area contributed by atoms with Crippen molar-refractivity contribution in [1.82, 2.24) is 15.5 Å². The van der Waals surface area contributed by atoms with Gasteiger partial charge in [0.25, 0.3) is 5.89 Å². The number of nitrogens with one attached hydrogen (secondary N) is 1. The monoisotopic (exact) mass is 303 g/mol. The lowest BCUT2D eigenvalue weighted by Crippen LogP contribution is -2.10. The average molecular weight is 303 g/mol. The molecule has 5 heteroatoms. The van der Waals surface area contributed by atoms with E-state index in [0.717, 1.165) is 30.8 Å². The topological polar surface area (TPSA) is 51.0 Å². The van der Waals surface area contributed by atoms with Crippen molar-refractivity contribution in [2.75, 3.05) is 19.3 Å². The van der Waals surface area contributed by atoms with Gasteiger partial charge in [-0.1, -0.05) is 29.8 Å². The van der Waals surface area contributed by atoms with E-state index in [0.29, 0.717) is 11.1 Å². The Morgan fingerprint density at radius 3 is 3.05 bits per heavy atom. The Kier molecular flexibility index (Phi) is 4.93. The predicted molar refractivity (Wildman–Crippen MR) is 86.4 cm³/mol. The first-order valence-corrected chi connectivity index (χ1v) is 8.61. The summed E-state index contributed by atoms with van der Waals surface area (Å²) in [5.74, 6) is 2.72. The minimum atomic E-state index is 0.403. The van der Waals surface area contributed by atoms with Crippen LogP contribution in [-0.4, -0.2) is 29.5 Å². The Bertz CT molecular complexity index is 578. The van der Waals surface area contributed by atoms with Crippen LogP contribution in [0, 0.1) is 0 Å². The molecule has 1 N–H and O–H groups in total. The summed E-state index contributed by atoms with van der Waals surface area (Å²) in [6.45, 7) is 0.941. The van der Waals surface area contributed by atoms with E-state index in [4.69, 9.17) is 4.52 Å². The zero-order valence-corrected chi connectivity index (χ0v) is 13.2. The molecule has 1 saturated heterocycles. The van der Waals surface area contributed by atoms with Crippen LogP contribution in [0.15, 0.2) is 28.8 Å². The van der Waals surface area contributed by atoms with Gasteiger partial charge in [0.2, 0.25) is 0 Å². The minimum absolute atomic E-state index is 0.403. The zero-order chi connectivity index (χ0) is 14.5. The van der Waals surface area contributed by atoms with E-state index in [2.05, 4.69) is 33.7 Å². The number of nitrogens with zero attached hydrogens (tertiary/aromatic N) is 2. The van der Waals surface area contributed by atoms with Crippen LogP contribution in [0.5, 0.6) is 0 Å². The van der Waals surface area contributed by atoms with Crippen LogP contribution < -0.4 is 5.32 Å². The lowest BCUT2D eigenvalue weighted by Gasteiger charge is -2.17. The number of benzene rings is 1. The quantitative estimate of drug-likeness (QED) is 0.916. The van der Waals surface area contributed by atoms with Gasteiger partial charge in [-0.2, -0.15) is 16.7 Å². The molecule has 1 aliphatic rings. The molecule has 0 spiro atoms. The van der Waals surface area contributed by atoms with Crippen LogP contribution in [-0.2, 0) is 6.42 Å². The SMILES string of the molecule is CNCCc1ccccc1-c1nc(C2CCCCS2)no1. The summed E-state index contributed by atoms with van der Waals surface area (Å²) in [6, 6.07) is 8.28. The first-order chi connectivity index (χ1) is 10.4. The molecule has 1 unspecified atom stereocenters. The molecule has 21 heavy (non-hydrogen) atoms. The summed E-state index contributed by atoms with van der Waals surface area (Å²) in [4.78, 5) is 4.65. The number of likely N-dealkylation sites (N-methyl/N-ethyl adjacent to an activating group) is 1. The maximum Gasteiger partial charge on any atom is 0.258 e. The van der Waals surface area contributed by atoms with E-state index in [1.54, 1.807) is 0 Å². The van der Waals surface area contributed by atoms with Crippen LogP contribution in [0.2, 0.25) is 0 Å². The Hall–Kier alpha value is -1.33. The van der Waals surface area contributed by atoms with Crippen molar-refractivity contribution in [2.45, 2.75) is 30.9 Å². The van der Waals surface area contributed by atoms with Gasteiger partial charge in [-0.05, 0) is 50.2 Å². The van der Waals surface area contributed by atoms with Crippen molar-refractivity contribution >= 4 is 11.8 Å². The van der Waals surface area contributed by atoms with E-state index in [1.807, 2.05) is 24.9 Å². The summed E-state index contributed by atoms with van der Waals surface area (Å²) in [7, 11) is 1.97. The Morgan fingerprint density at radius 1 is 1.33 bits per heavy atom. The molecule has 112 valence electrons. The zero-order valence-electron chi connectivity index (χ0n) is 12.3. The molecule has 0 saturated carbocycles. The van der Waals surface area contributed by atoms with Gasteiger partial charge in [-0.15, -0.1) is 0 Å². The van der Waals surface area contributed by atoms with Crippen LogP contribution in [0.1, 0.15) is 35.9 Å². The second-order valence-electron chi connectivity index (χ2n) is 5.32. The summed E-state index contributed by atoms with van der Waals surface area (Å²) in [5.41, 5.74) is 2.31. The molecule has 1 fully saturated rings. The summed E-state index contributed by atoms with van der Waals surface area (Å²) in [5, 5.41) is 7.80. The number of thioether (sulfide) groups is 1. The third kappa shape index (κ3) is 3.47. The highest BCUT2D eigenvalue weighted by molar-refractivity contribution is 7.99. The first-order valence-electron chi connectivity index (χ1n) is 7.56. The first kappa shape index (κ1) is 14.6. The third-order valence-electron chi connectivity index (χ3n) is 3.80. The van der Waals surface area contributed by atoms with Crippen molar-refractivity contribution in [2.24, 2.45) is 0 Å². The maximum absolute atomic E-state index is 5.53. The Morgan fingerprint density at radius 2 is 2.24 bits per heavy atom. The fourth-order valence-corrected chi connectivity index (χ4v) is 3.86. The Labute approximate surface area is 129 Å². The molecule has 1 atom stereocenters. The molecule has 3 rings (SSSR count). The van der Waals surface area contributed by atoms with Gasteiger partial charge in [0.05, 0.1) is 5.25 Å². The van der Waals surface area contributed by atoms with Crippen molar-refractivity contribution in [1.29, 1.82) is 0 Å². The molecular formula is C16H21N3OS. The van der Waals surface area contributed by atoms with Crippen LogP contribution in [0.3, 0.4) is 0 Å². The van der Waals surface area contributed by atoms with E-state index in [1.165, 1.54) is 24.2 Å². The molecule has 1 aromatic carbocycles. The molecule has 0 amide bonds. The fraction of sp³-hybridized carbons (Fsp3) is 0.500.